The molecule has 1 saturated heterocycles. The summed E-state index contributed by atoms with van der Waals surface area (Å²) in [6.45, 7) is 4.26. The smallest absolute Gasteiger partial charge is 0.173 e. The molecule has 0 saturated carbocycles. The second-order valence-corrected chi connectivity index (χ2v) is 8.84. The van der Waals surface area contributed by atoms with Gasteiger partial charge >= 0.3 is 0 Å². The summed E-state index contributed by atoms with van der Waals surface area (Å²) in [6, 6.07) is 26.8. The van der Waals surface area contributed by atoms with E-state index in [2.05, 4.69) is 86.0 Å². The van der Waals surface area contributed by atoms with E-state index in [0.29, 0.717) is 18.0 Å². The third-order valence-corrected chi connectivity index (χ3v) is 6.79. The predicted molar refractivity (Wildman–Crippen MR) is 140 cm³/mol. The molecule has 0 bridgehead atoms. The third kappa shape index (κ3) is 5.04. The molecule has 1 atom stereocenters. The summed E-state index contributed by atoms with van der Waals surface area (Å²) in [5.41, 5.74) is 3.51. The fourth-order valence-corrected chi connectivity index (χ4v) is 4.95. The highest BCUT2D eigenvalue weighted by Crippen LogP contribution is 2.40. The molecule has 186 valence electrons. The van der Waals surface area contributed by atoms with Gasteiger partial charge in [-0.3, -0.25) is 4.90 Å². The zero-order chi connectivity index (χ0) is 24.7. The number of hydrogen-bond acceptors (Lipinski definition) is 7. The number of para-hydroxylation sites is 2. The first-order valence-corrected chi connectivity index (χ1v) is 12.3. The molecule has 4 aromatic rings. The Bertz CT molecular complexity index is 1240. The summed E-state index contributed by atoms with van der Waals surface area (Å²) < 4.78 is 13.4. The number of methoxy groups -OCH3 is 2. The van der Waals surface area contributed by atoms with Crippen LogP contribution in [0.2, 0.25) is 0 Å². The van der Waals surface area contributed by atoms with E-state index in [1.807, 2.05) is 22.9 Å². The summed E-state index contributed by atoms with van der Waals surface area (Å²) in [4.78, 5) is 4.87. The molecule has 1 aromatic heterocycles. The minimum absolute atomic E-state index is 0.168. The molecule has 1 aliphatic rings. The van der Waals surface area contributed by atoms with Crippen molar-refractivity contribution in [3.63, 3.8) is 0 Å². The molecule has 2 heterocycles. The Hall–Kier alpha value is -3.91. The molecule has 0 aliphatic carbocycles. The number of aryl methyl sites for hydroxylation is 2. The van der Waals surface area contributed by atoms with Gasteiger partial charge in [-0.05, 0) is 40.6 Å². The van der Waals surface area contributed by atoms with Gasteiger partial charge in [-0.15, -0.1) is 5.10 Å². The van der Waals surface area contributed by atoms with Gasteiger partial charge in [0.1, 0.15) is 6.04 Å². The van der Waals surface area contributed by atoms with Crippen molar-refractivity contribution in [1.29, 1.82) is 0 Å². The molecule has 3 aromatic carbocycles. The zero-order valence-electron chi connectivity index (χ0n) is 20.8. The van der Waals surface area contributed by atoms with Crippen molar-refractivity contribution in [3.8, 4) is 11.5 Å². The first-order chi connectivity index (χ1) is 17.8. The number of aromatic nitrogens is 4. The predicted octanol–water partition coefficient (Wildman–Crippen LogP) is 3.84. The minimum atomic E-state index is -0.168. The monoisotopic (exact) mass is 484 g/mol. The van der Waals surface area contributed by atoms with Crippen molar-refractivity contribution in [2.75, 3.05) is 45.3 Å². The average molecular weight is 485 g/mol. The van der Waals surface area contributed by atoms with Gasteiger partial charge in [-0.2, -0.15) is 0 Å². The third-order valence-electron chi connectivity index (χ3n) is 6.79. The Morgan fingerprint density at radius 1 is 0.806 bits per heavy atom. The Balaban J connectivity index is 1.46. The zero-order valence-corrected chi connectivity index (χ0v) is 20.8. The lowest BCUT2D eigenvalue weighted by Crippen LogP contribution is -2.48. The number of benzene rings is 3. The molecule has 8 heteroatoms. The Morgan fingerprint density at radius 3 is 2.22 bits per heavy atom. The van der Waals surface area contributed by atoms with Gasteiger partial charge in [-0.1, -0.05) is 60.7 Å². The summed E-state index contributed by atoms with van der Waals surface area (Å²) in [7, 11) is 3.35. The maximum atomic E-state index is 5.86. The van der Waals surface area contributed by atoms with Gasteiger partial charge in [0.15, 0.2) is 17.3 Å². The molecule has 1 fully saturated rings. The molecular weight excluding hydrogens is 452 g/mol. The van der Waals surface area contributed by atoms with Crippen molar-refractivity contribution in [3.05, 3.63) is 95.8 Å². The number of ether oxygens (including phenoxy) is 2. The van der Waals surface area contributed by atoms with Gasteiger partial charge in [0, 0.05) is 44.0 Å². The number of anilines is 1. The van der Waals surface area contributed by atoms with Crippen molar-refractivity contribution in [1.82, 2.24) is 25.1 Å². The van der Waals surface area contributed by atoms with E-state index >= 15 is 0 Å². The van der Waals surface area contributed by atoms with Crippen LogP contribution in [0.4, 0.5) is 5.69 Å². The molecule has 1 aliphatic heterocycles. The summed E-state index contributed by atoms with van der Waals surface area (Å²) in [5, 5.41) is 13.0. The van der Waals surface area contributed by atoms with Crippen LogP contribution in [0, 0.1) is 0 Å². The Kier molecular flexibility index (Phi) is 7.42. The van der Waals surface area contributed by atoms with E-state index in [-0.39, 0.29) is 6.04 Å². The number of nitrogens with zero attached hydrogens (tertiary/aromatic N) is 6. The quantitative estimate of drug-likeness (QED) is 0.358. The first-order valence-electron chi connectivity index (χ1n) is 12.3. The van der Waals surface area contributed by atoms with E-state index in [1.54, 1.807) is 14.2 Å². The van der Waals surface area contributed by atoms with Crippen LogP contribution in [0.1, 0.15) is 23.0 Å². The summed E-state index contributed by atoms with van der Waals surface area (Å²) in [5.74, 6) is 2.23. The van der Waals surface area contributed by atoms with Crippen LogP contribution in [0.3, 0.4) is 0 Å². The second kappa shape index (κ2) is 11.2. The maximum absolute atomic E-state index is 5.86. The van der Waals surface area contributed by atoms with Crippen LogP contribution < -0.4 is 14.4 Å². The Morgan fingerprint density at radius 2 is 1.53 bits per heavy atom. The van der Waals surface area contributed by atoms with E-state index in [1.165, 1.54) is 11.3 Å². The number of hydrogen-bond donors (Lipinski definition) is 0. The van der Waals surface area contributed by atoms with Crippen molar-refractivity contribution in [2.45, 2.75) is 19.0 Å². The van der Waals surface area contributed by atoms with Gasteiger partial charge in [-0.25, -0.2) is 4.68 Å². The van der Waals surface area contributed by atoms with Crippen LogP contribution in [-0.2, 0) is 13.0 Å². The second-order valence-electron chi connectivity index (χ2n) is 8.84. The van der Waals surface area contributed by atoms with Gasteiger partial charge in [0.05, 0.1) is 14.2 Å². The topological polar surface area (TPSA) is 68.5 Å². The van der Waals surface area contributed by atoms with Crippen LogP contribution in [0.15, 0.2) is 78.9 Å². The number of piperazine rings is 1. The van der Waals surface area contributed by atoms with Gasteiger partial charge < -0.3 is 14.4 Å². The van der Waals surface area contributed by atoms with Crippen LogP contribution in [0.5, 0.6) is 11.5 Å². The molecule has 0 radical (unpaired) electrons. The number of tetrazole rings is 1. The maximum Gasteiger partial charge on any atom is 0.173 e. The van der Waals surface area contributed by atoms with Gasteiger partial charge in [0.25, 0.3) is 0 Å². The molecule has 0 N–H and O–H groups in total. The number of rotatable bonds is 9. The van der Waals surface area contributed by atoms with Crippen molar-refractivity contribution < 1.29 is 9.47 Å². The fraction of sp³-hybridized carbons (Fsp3) is 0.321. The highest BCUT2D eigenvalue weighted by Gasteiger charge is 2.33. The normalized spacial score (nSPS) is 15.0. The highest BCUT2D eigenvalue weighted by molar-refractivity contribution is 5.50. The molecule has 36 heavy (non-hydrogen) atoms. The lowest BCUT2D eigenvalue weighted by atomic mass is 10.0. The lowest BCUT2D eigenvalue weighted by molar-refractivity contribution is 0.196. The standard InChI is InChI=1S/C28H32N6O2/c1-35-25-15-9-14-24(27(25)36-2)26(33-20-18-32(19-21-33)23-12-7-4-8-13-23)28-29-30-31-34(28)17-16-22-10-5-3-6-11-22/h3-15,26H,16-21H2,1-2H3/t26-/m1/s1. The minimum Gasteiger partial charge on any atom is -0.493 e. The van der Waals surface area contributed by atoms with Crippen LogP contribution in [-0.4, -0.2) is 65.5 Å². The van der Waals surface area contributed by atoms with E-state index in [0.717, 1.165) is 44.0 Å². The molecule has 0 amide bonds. The first kappa shape index (κ1) is 23.8. The summed E-state index contributed by atoms with van der Waals surface area (Å²) in [6.07, 6.45) is 0.850. The Labute approximate surface area is 212 Å². The SMILES string of the molecule is COc1cccc([C@H](c2nnnn2CCc2ccccc2)N2CCN(c3ccccc3)CC2)c1OC. The van der Waals surface area contributed by atoms with Crippen molar-refractivity contribution >= 4 is 5.69 Å². The molecule has 0 unspecified atom stereocenters. The van der Waals surface area contributed by atoms with E-state index in [4.69, 9.17) is 9.47 Å². The van der Waals surface area contributed by atoms with Crippen molar-refractivity contribution in [2.24, 2.45) is 0 Å². The van der Waals surface area contributed by atoms with Crippen LogP contribution in [0.25, 0.3) is 0 Å². The van der Waals surface area contributed by atoms with Crippen LogP contribution >= 0.6 is 0 Å². The molecule has 0 spiro atoms. The van der Waals surface area contributed by atoms with E-state index < -0.39 is 0 Å². The van der Waals surface area contributed by atoms with Gasteiger partial charge in [0.2, 0.25) is 0 Å². The highest BCUT2D eigenvalue weighted by atomic mass is 16.5. The largest absolute Gasteiger partial charge is 0.493 e. The molecular formula is C28H32N6O2. The fourth-order valence-electron chi connectivity index (χ4n) is 4.95. The molecule has 5 rings (SSSR count). The van der Waals surface area contributed by atoms with E-state index in [9.17, 15) is 0 Å². The molecule has 8 nitrogen and oxygen atoms in total. The summed E-state index contributed by atoms with van der Waals surface area (Å²) >= 11 is 0. The average Bonchev–Trinajstić information content (AvgIpc) is 3.41. The lowest BCUT2D eigenvalue weighted by Gasteiger charge is -2.40.